The minimum atomic E-state index is -0.268. The molecule has 3 aliphatic rings. The fourth-order valence-corrected chi connectivity index (χ4v) is 6.38. The molecule has 5 heteroatoms. The van der Waals surface area contributed by atoms with Crippen LogP contribution in [0.15, 0.2) is 48.5 Å². The van der Waals surface area contributed by atoms with Crippen molar-refractivity contribution in [3.05, 3.63) is 54.1 Å². The molecule has 2 aliphatic heterocycles. The zero-order valence-electron chi connectivity index (χ0n) is 19.8. The molecule has 0 spiro atoms. The Hall–Kier alpha value is -2.82. The normalized spacial score (nSPS) is 25.5. The summed E-state index contributed by atoms with van der Waals surface area (Å²) < 4.78 is 0. The van der Waals surface area contributed by atoms with Gasteiger partial charge < -0.3 is 15.1 Å². The first kappa shape index (κ1) is 22.0. The van der Waals surface area contributed by atoms with Crippen molar-refractivity contribution in [2.24, 2.45) is 5.92 Å². The Morgan fingerprint density at radius 1 is 0.879 bits per heavy atom. The molecule has 1 aliphatic carbocycles. The van der Waals surface area contributed by atoms with E-state index in [0.717, 1.165) is 17.1 Å². The van der Waals surface area contributed by atoms with Crippen molar-refractivity contribution in [1.29, 1.82) is 0 Å². The van der Waals surface area contributed by atoms with Crippen molar-refractivity contribution in [2.75, 3.05) is 21.7 Å². The maximum absolute atomic E-state index is 14.2. The molecule has 0 radical (unpaired) electrons. The number of hydrogen-bond donors (Lipinski definition) is 1. The van der Waals surface area contributed by atoms with Crippen LogP contribution in [-0.2, 0) is 9.59 Å². The first-order chi connectivity index (χ1) is 16.1. The number of fused-ring (bicyclic) bond motifs is 2. The minimum Gasteiger partial charge on any atom is -0.373 e. The molecule has 2 aromatic carbocycles. The number of amides is 2. The molecule has 0 saturated heterocycles. The number of benzene rings is 2. The highest BCUT2D eigenvalue weighted by molar-refractivity contribution is 6.07. The summed E-state index contributed by atoms with van der Waals surface area (Å²) in [7, 11) is 0. The molecule has 5 nitrogen and oxygen atoms in total. The van der Waals surface area contributed by atoms with Crippen LogP contribution in [0.1, 0.15) is 70.3 Å². The molecule has 1 fully saturated rings. The molecule has 2 heterocycles. The molecule has 1 N–H and O–H groups in total. The van der Waals surface area contributed by atoms with Gasteiger partial charge in [-0.1, -0.05) is 62.4 Å². The monoisotopic (exact) mass is 445 g/mol. The number of nitrogens with one attached hydrogen (secondary N) is 1. The molecule has 174 valence electrons. The van der Waals surface area contributed by atoms with Crippen molar-refractivity contribution in [1.82, 2.24) is 0 Å². The van der Waals surface area contributed by atoms with Gasteiger partial charge in [-0.3, -0.25) is 9.59 Å². The summed E-state index contributed by atoms with van der Waals surface area (Å²) in [6, 6.07) is 16.0. The van der Waals surface area contributed by atoms with E-state index >= 15 is 0 Å². The molecule has 33 heavy (non-hydrogen) atoms. The van der Waals surface area contributed by atoms with E-state index in [1.165, 1.54) is 50.5 Å². The van der Waals surface area contributed by atoms with E-state index in [9.17, 15) is 9.59 Å². The maximum Gasteiger partial charge on any atom is 0.250 e. The second-order valence-corrected chi connectivity index (χ2v) is 10.0. The Morgan fingerprint density at radius 2 is 1.52 bits per heavy atom. The highest BCUT2D eigenvalue weighted by Gasteiger charge is 2.45. The van der Waals surface area contributed by atoms with Gasteiger partial charge in [-0.05, 0) is 49.4 Å². The van der Waals surface area contributed by atoms with Gasteiger partial charge in [0.2, 0.25) is 11.8 Å². The van der Waals surface area contributed by atoms with Crippen LogP contribution in [0.25, 0.3) is 0 Å². The van der Waals surface area contributed by atoms with Gasteiger partial charge >= 0.3 is 0 Å². The molecule has 2 amide bonds. The lowest BCUT2D eigenvalue weighted by atomic mass is 9.76. The third-order valence-electron chi connectivity index (χ3n) is 7.84. The van der Waals surface area contributed by atoms with Crippen molar-refractivity contribution in [2.45, 2.75) is 76.8 Å². The summed E-state index contributed by atoms with van der Waals surface area (Å²) >= 11 is 0. The van der Waals surface area contributed by atoms with Gasteiger partial charge in [0, 0.05) is 25.1 Å². The molecule has 1 saturated carbocycles. The second-order valence-electron chi connectivity index (χ2n) is 10.0. The van der Waals surface area contributed by atoms with Crippen LogP contribution in [0, 0.1) is 5.92 Å². The molecule has 2 unspecified atom stereocenters. The second kappa shape index (κ2) is 9.20. The fourth-order valence-electron chi connectivity index (χ4n) is 6.38. The van der Waals surface area contributed by atoms with Crippen molar-refractivity contribution < 1.29 is 9.59 Å². The summed E-state index contributed by atoms with van der Waals surface area (Å²) in [6.45, 7) is 4.15. The lowest BCUT2D eigenvalue weighted by molar-refractivity contribution is -0.121. The summed E-state index contributed by atoms with van der Waals surface area (Å²) in [4.78, 5) is 30.4. The lowest BCUT2D eigenvalue weighted by Crippen LogP contribution is -2.55. The predicted molar refractivity (Wildman–Crippen MR) is 134 cm³/mol. The van der Waals surface area contributed by atoms with E-state index < -0.39 is 0 Å². The van der Waals surface area contributed by atoms with Gasteiger partial charge in [0.15, 0.2) is 0 Å². The predicted octanol–water partition coefficient (Wildman–Crippen LogP) is 5.71. The van der Waals surface area contributed by atoms with E-state index in [0.29, 0.717) is 12.5 Å². The quantitative estimate of drug-likeness (QED) is 0.644. The Kier molecular flexibility index (Phi) is 6.13. The zero-order valence-corrected chi connectivity index (χ0v) is 19.8. The van der Waals surface area contributed by atoms with Gasteiger partial charge in [-0.2, -0.15) is 0 Å². The average molecular weight is 446 g/mol. The van der Waals surface area contributed by atoms with E-state index in [-0.39, 0.29) is 29.8 Å². The Bertz CT molecular complexity index is 1030. The van der Waals surface area contributed by atoms with E-state index in [4.69, 9.17) is 0 Å². The van der Waals surface area contributed by atoms with Gasteiger partial charge in [0.25, 0.3) is 0 Å². The zero-order chi connectivity index (χ0) is 22.9. The van der Waals surface area contributed by atoms with Gasteiger partial charge in [-0.25, -0.2) is 0 Å². The third kappa shape index (κ3) is 4.03. The Labute approximate surface area is 197 Å². The summed E-state index contributed by atoms with van der Waals surface area (Å²) in [5.74, 6) is 0.850. The highest BCUT2D eigenvalue weighted by atomic mass is 16.2. The number of para-hydroxylation sites is 3. The van der Waals surface area contributed by atoms with Crippen molar-refractivity contribution in [3.8, 4) is 0 Å². The van der Waals surface area contributed by atoms with Crippen LogP contribution in [0.3, 0.4) is 0 Å². The summed E-state index contributed by atoms with van der Waals surface area (Å²) in [5, 5.41) is 3.62. The lowest BCUT2D eigenvalue weighted by Gasteiger charge is -2.42. The third-order valence-corrected chi connectivity index (χ3v) is 7.84. The van der Waals surface area contributed by atoms with Crippen LogP contribution in [0.4, 0.5) is 17.1 Å². The van der Waals surface area contributed by atoms with E-state index in [2.05, 4.69) is 29.6 Å². The SMILES string of the molecule is CC(=O)N1c2ccccc2N(C(=O)C2Nc3ccccc3C2C2CCCCCCC2)C[C@@H]1C. The van der Waals surface area contributed by atoms with Crippen LogP contribution in [-0.4, -0.2) is 30.4 Å². The maximum atomic E-state index is 14.2. The van der Waals surface area contributed by atoms with Gasteiger partial charge in [0.1, 0.15) is 6.04 Å². The number of anilines is 3. The summed E-state index contributed by atoms with van der Waals surface area (Å²) in [5.41, 5.74) is 4.07. The standard InChI is InChI=1S/C28H35N3O2/c1-19-18-30(24-16-10-11-17-25(24)31(19)20(2)32)28(33)27-26(21-12-6-4-3-5-7-13-21)22-14-8-9-15-23(22)29-27/h8-11,14-17,19,21,26-27,29H,3-7,12-13,18H2,1-2H3/t19-,26?,27?/m0/s1. The summed E-state index contributed by atoms with van der Waals surface area (Å²) in [6.07, 6.45) is 8.82. The van der Waals surface area contributed by atoms with Crippen molar-refractivity contribution in [3.63, 3.8) is 0 Å². The van der Waals surface area contributed by atoms with Crippen LogP contribution in [0.5, 0.6) is 0 Å². The minimum absolute atomic E-state index is 0.0147. The number of carbonyl (C=O) groups excluding carboxylic acids is 2. The highest BCUT2D eigenvalue weighted by Crippen LogP contribution is 2.46. The van der Waals surface area contributed by atoms with Crippen LogP contribution < -0.4 is 15.1 Å². The topological polar surface area (TPSA) is 52.7 Å². The Morgan fingerprint density at radius 3 is 2.24 bits per heavy atom. The molecular formula is C28H35N3O2. The van der Waals surface area contributed by atoms with Gasteiger partial charge in [-0.15, -0.1) is 0 Å². The molecule has 0 aromatic heterocycles. The molecule has 0 bridgehead atoms. The first-order valence-corrected chi connectivity index (χ1v) is 12.6. The van der Waals surface area contributed by atoms with E-state index in [1.54, 1.807) is 6.92 Å². The van der Waals surface area contributed by atoms with Crippen LogP contribution >= 0.6 is 0 Å². The largest absolute Gasteiger partial charge is 0.373 e. The number of rotatable bonds is 2. The number of hydrogen-bond acceptors (Lipinski definition) is 3. The van der Waals surface area contributed by atoms with Crippen LogP contribution in [0.2, 0.25) is 0 Å². The first-order valence-electron chi connectivity index (χ1n) is 12.6. The van der Waals surface area contributed by atoms with E-state index in [1.807, 2.05) is 41.0 Å². The fraction of sp³-hybridized carbons (Fsp3) is 0.500. The Balaban J connectivity index is 1.50. The smallest absolute Gasteiger partial charge is 0.250 e. The molecule has 2 aromatic rings. The molecular weight excluding hydrogens is 410 g/mol. The van der Waals surface area contributed by atoms with Crippen molar-refractivity contribution >= 4 is 28.9 Å². The van der Waals surface area contributed by atoms with Gasteiger partial charge in [0.05, 0.1) is 17.4 Å². The number of nitrogens with zero attached hydrogens (tertiary/aromatic N) is 2. The molecule has 5 rings (SSSR count). The average Bonchev–Trinajstić information content (AvgIpc) is 3.17. The molecule has 3 atom stereocenters. The number of carbonyl (C=O) groups is 2.